The smallest absolute Gasteiger partial charge is 0.142 e. The minimum atomic E-state index is 0.694. The number of hydrogen-bond acceptors (Lipinski definition) is 4. The molecule has 1 saturated carbocycles. The molecular formula is C24H33N3O. The zero-order chi connectivity index (χ0) is 19.5. The predicted octanol–water partition coefficient (Wildman–Crippen LogP) is 4.56. The van der Waals surface area contributed by atoms with Crippen molar-refractivity contribution < 1.29 is 4.74 Å². The number of para-hydroxylation sites is 2. The van der Waals surface area contributed by atoms with Crippen molar-refractivity contribution in [3.05, 3.63) is 53.3 Å². The second-order valence-electron chi connectivity index (χ2n) is 8.33. The van der Waals surface area contributed by atoms with Crippen molar-refractivity contribution in [3.8, 4) is 5.75 Å². The van der Waals surface area contributed by atoms with Gasteiger partial charge in [-0.25, -0.2) is 0 Å². The second kappa shape index (κ2) is 8.52. The third-order valence-corrected chi connectivity index (χ3v) is 6.77. The molecule has 150 valence electrons. The molecule has 0 atom stereocenters. The molecule has 0 radical (unpaired) electrons. The summed E-state index contributed by atoms with van der Waals surface area (Å²) < 4.78 is 5.55. The van der Waals surface area contributed by atoms with E-state index < -0.39 is 0 Å². The summed E-state index contributed by atoms with van der Waals surface area (Å²) in [5.74, 6) is 1.68. The summed E-state index contributed by atoms with van der Waals surface area (Å²) in [5.41, 5.74) is 5.40. The minimum absolute atomic E-state index is 0.694. The summed E-state index contributed by atoms with van der Waals surface area (Å²) in [7, 11) is 1.76. The van der Waals surface area contributed by atoms with E-state index in [4.69, 9.17) is 4.74 Å². The molecule has 1 aliphatic heterocycles. The van der Waals surface area contributed by atoms with Crippen molar-refractivity contribution in [3.63, 3.8) is 0 Å². The summed E-state index contributed by atoms with van der Waals surface area (Å²) in [6, 6.07) is 11.3. The van der Waals surface area contributed by atoms with Crippen molar-refractivity contribution in [1.29, 1.82) is 0 Å². The molecule has 0 bridgehead atoms. The van der Waals surface area contributed by atoms with Gasteiger partial charge in [0.25, 0.3) is 0 Å². The number of benzene rings is 1. The van der Waals surface area contributed by atoms with Crippen LogP contribution in [0.1, 0.15) is 48.4 Å². The van der Waals surface area contributed by atoms with Gasteiger partial charge in [-0.1, -0.05) is 12.1 Å². The lowest BCUT2D eigenvalue weighted by molar-refractivity contribution is 0.141. The first-order chi connectivity index (χ1) is 13.7. The lowest BCUT2D eigenvalue weighted by atomic mass is 9.79. The highest BCUT2D eigenvalue weighted by molar-refractivity contribution is 5.58. The number of piperazine rings is 1. The summed E-state index contributed by atoms with van der Waals surface area (Å²) >= 11 is 0. The van der Waals surface area contributed by atoms with Gasteiger partial charge in [-0.05, 0) is 74.8 Å². The van der Waals surface area contributed by atoms with E-state index in [0.29, 0.717) is 5.92 Å². The zero-order valence-corrected chi connectivity index (χ0v) is 17.5. The molecule has 1 aromatic carbocycles. The SMILES string of the molecule is COc1ccccc1N1CCN([C@H]2CC[C@H](c3c(C)ccnc3C)CC2)CC1. The number of aromatic nitrogens is 1. The second-order valence-corrected chi connectivity index (χ2v) is 8.33. The van der Waals surface area contributed by atoms with Crippen LogP contribution in [0.4, 0.5) is 5.69 Å². The minimum Gasteiger partial charge on any atom is -0.495 e. The van der Waals surface area contributed by atoms with Crippen LogP contribution in [0.25, 0.3) is 0 Å². The number of anilines is 1. The van der Waals surface area contributed by atoms with Crippen LogP contribution in [0.2, 0.25) is 0 Å². The molecular weight excluding hydrogens is 346 g/mol. The molecule has 4 nitrogen and oxygen atoms in total. The fourth-order valence-corrected chi connectivity index (χ4v) is 5.27. The normalized spacial score (nSPS) is 23.6. The van der Waals surface area contributed by atoms with Crippen LogP contribution in [0.5, 0.6) is 5.75 Å². The van der Waals surface area contributed by atoms with Crippen LogP contribution < -0.4 is 9.64 Å². The molecule has 1 saturated heterocycles. The first-order valence-electron chi connectivity index (χ1n) is 10.7. The van der Waals surface area contributed by atoms with Gasteiger partial charge in [-0.2, -0.15) is 0 Å². The number of hydrogen-bond donors (Lipinski definition) is 0. The fraction of sp³-hybridized carbons (Fsp3) is 0.542. The quantitative estimate of drug-likeness (QED) is 0.779. The zero-order valence-electron chi connectivity index (χ0n) is 17.5. The molecule has 0 amide bonds. The Kier molecular flexibility index (Phi) is 5.86. The highest BCUT2D eigenvalue weighted by Crippen LogP contribution is 2.37. The van der Waals surface area contributed by atoms with E-state index in [9.17, 15) is 0 Å². The topological polar surface area (TPSA) is 28.6 Å². The van der Waals surface area contributed by atoms with E-state index in [2.05, 4.69) is 52.9 Å². The largest absolute Gasteiger partial charge is 0.495 e. The molecule has 2 heterocycles. The first-order valence-corrected chi connectivity index (χ1v) is 10.7. The van der Waals surface area contributed by atoms with Gasteiger partial charge in [-0.15, -0.1) is 0 Å². The molecule has 28 heavy (non-hydrogen) atoms. The Labute approximate surface area is 169 Å². The summed E-state index contributed by atoms with van der Waals surface area (Å²) in [5, 5.41) is 0. The van der Waals surface area contributed by atoms with E-state index in [1.54, 1.807) is 7.11 Å². The van der Waals surface area contributed by atoms with Crippen molar-refractivity contribution in [2.75, 3.05) is 38.2 Å². The van der Waals surface area contributed by atoms with Gasteiger partial charge in [0.1, 0.15) is 5.75 Å². The van der Waals surface area contributed by atoms with E-state index in [0.717, 1.165) is 38.0 Å². The van der Waals surface area contributed by atoms with Gasteiger partial charge in [0, 0.05) is 44.1 Å². The highest BCUT2D eigenvalue weighted by Gasteiger charge is 2.30. The van der Waals surface area contributed by atoms with Crippen molar-refractivity contribution in [1.82, 2.24) is 9.88 Å². The Morgan fingerprint density at radius 1 is 0.929 bits per heavy atom. The lowest BCUT2D eigenvalue weighted by Gasteiger charge is -2.43. The van der Waals surface area contributed by atoms with Crippen LogP contribution in [0.15, 0.2) is 36.5 Å². The monoisotopic (exact) mass is 379 g/mol. The average molecular weight is 380 g/mol. The van der Waals surface area contributed by atoms with Crippen LogP contribution in [-0.4, -0.2) is 49.2 Å². The number of nitrogens with zero attached hydrogens (tertiary/aromatic N) is 3. The van der Waals surface area contributed by atoms with Gasteiger partial charge >= 0.3 is 0 Å². The molecule has 0 spiro atoms. The molecule has 0 N–H and O–H groups in total. The number of rotatable bonds is 4. The summed E-state index contributed by atoms with van der Waals surface area (Å²) in [6.07, 6.45) is 7.16. The van der Waals surface area contributed by atoms with Crippen molar-refractivity contribution in [2.24, 2.45) is 0 Å². The highest BCUT2D eigenvalue weighted by atomic mass is 16.5. The third kappa shape index (κ3) is 3.88. The van der Waals surface area contributed by atoms with E-state index in [-0.39, 0.29) is 0 Å². The summed E-state index contributed by atoms with van der Waals surface area (Å²) in [4.78, 5) is 9.75. The number of methoxy groups -OCH3 is 1. The molecule has 4 rings (SSSR count). The van der Waals surface area contributed by atoms with E-state index >= 15 is 0 Å². The maximum Gasteiger partial charge on any atom is 0.142 e. The van der Waals surface area contributed by atoms with Crippen LogP contribution in [-0.2, 0) is 0 Å². The maximum atomic E-state index is 5.55. The van der Waals surface area contributed by atoms with Gasteiger partial charge in [0.15, 0.2) is 0 Å². The fourth-order valence-electron chi connectivity index (χ4n) is 5.27. The molecule has 1 aromatic heterocycles. The molecule has 2 aromatic rings. The Hall–Kier alpha value is -2.07. The molecule has 2 aliphatic rings. The standard InChI is InChI=1S/C24H33N3O/c1-18-12-13-25-19(2)24(18)20-8-10-21(11-9-20)26-14-16-27(17-15-26)22-6-4-5-7-23(22)28-3/h4-7,12-13,20-21H,8-11,14-17H2,1-3H3/t20-,21-. The Balaban J connectivity index is 1.33. The van der Waals surface area contributed by atoms with Gasteiger partial charge in [0.05, 0.1) is 12.8 Å². The molecule has 2 fully saturated rings. The van der Waals surface area contributed by atoms with Crippen molar-refractivity contribution in [2.45, 2.75) is 51.5 Å². The number of ether oxygens (including phenoxy) is 1. The number of pyridine rings is 1. The van der Waals surface area contributed by atoms with Crippen LogP contribution >= 0.6 is 0 Å². The van der Waals surface area contributed by atoms with Gasteiger partial charge in [-0.3, -0.25) is 9.88 Å². The van der Waals surface area contributed by atoms with E-state index in [1.165, 1.54) is 48.2 Å². The molecule has 0 unspecified atom stereocenters. The lowest BCUT2D eigenvalue weighted by Crippen LogP contribution is -2.51. The molecule has 1 aliphatic carbocycles. The Morgan fingerprint density at radius 3 is 2.32 bits per heavy atom. The van der Waals surface area contributed by atoms with Gasteiger partial charge < -0.3 is 9.64 Å². The van der Waals surface area contributed by atoms with E-state index in [1.807, 2.05) is 12.3 Å². The van der Waals surface area contributed by atoms with Crippen LogP contribution in [0.3, 0.4) is 0 Å². The summed E-state index contributed by atoms with van der Waals surface area (Å²) in [6.45, 7) is 8.89. The first kappa shape index (κ1) is 19.3. The third-order valence-electron chi connectivity index (χ3n) is 6.77. The Morgan fingerprint density at radius 2 is 1.64 bits per heavy atom. The van der Waals surface area contributed by atoms with Crippen LogP contribution in [0, 0.1) is 13.8 Å². The van der Waals surface area contributed by atoms with Crippen molar-refractivity contribution >= 4 is 5.69 Å². The maximum absolute atomic E-state index is 5.55. The van der Waals surface area contributed by atoms with Gasteiger partial charge in [0.2, 0.25) is 0 Å². The number of aryl methyl sites for hydroxylation is 2. The molecule has 4 heteroatoms. The predicted molar refractivity (Wildman–Crippen MR) is 115 cm³/mol. The Bertz CT molecular complexity index is 770. The average Bonchev–Trinajstić information content (AvgIpc) is 2.74.